The number of aryl methyl sites for hydroxylation is 2. The van der Waals surface area contributed by atoms with Crippen LogP contribution in [0.2, 0.25) is 0 Å². The van der Waals surface area contributed by atoms with Crippen LogP contribution in [0.4, 0.5) is 4.39 Å². The van der Waals surface area contributed by atoms with Crippen molar-refractivity contribution in [2.24, 2.45) is 0 Å². The van der Waals surface area contributed by atoms with E-state index in [0.29, 0.717) is 5.56 Å². The Balaban J connectivity index is 1.62. The zero-order valence-corrected chi connectivity index (χ0v) is 13.6. The molecule has 0 aromatic heterocycles. The molecule has 3 rings (SSSR count). The van der Waals surface area contributed by atoms with E-state index >= 15 is 0 Å². The second-order valence-corrected chi connectivity index (χ2v) is 6.65. The molecule has 0 bridgehead atoms. The van der Waals surface area contributed by atoms with Crippen LogP contribution in [0, 0.1) is 5.82 Å². The van der Waals surface area contributed by atoms with Gasteiger partial charge in [0.1, 0.15) is 5.82 Å². The van der Waals surface area contributed by atoms with Gasteiger partial charge in [0.25, 0.3) is 0 Å². The molecule has 0 radical (unpaired) electrons. The van der Waals surface area contributed by atoms with E-state index in [4.69, 9.17) is 0 Å². The third-order valence-corrected chi connectivity index (χ3v) is 5.08. The van der Waals surface area contributed by atoms with E-state index in [-0.39, 0.29) is 12.4 Å². The lowest BCUT2D eigenvalue weighted by Crippen LogP contribution is -2.04. The molecule has 0 heterocycles. The third kappa shape index (κ3) is 4.20. The second kappa shape index (κ2) is 7.74. The van der Waals surface area contributed by atoms with Gasteiger partial charge in [0, 0.05) is 0 Å². The highest BCUT2D eigenvalue weighted by Crippen LogP contribution is 2.32. The summed E-state index contributed by atoms with van der Waals surface area (Å²) >= 11 is 0. The molecular weight excluding hydrogens is 287 g/mol. The molecular formula is C21H25FO. The predicted molar refractivity (Wildman–Crippen MR) is 92.0 cm³/mol. The van der Waals surface area contributed by atoms with Crippen molar-refractivity contribution < 1.29 is 9.50 Å². The van der Waals surface area contributed by atoms with E-state index in [1.54, 1.807) is 6.07 Å². The highest BCUT2D eigenvalue weighted by Gasteiger charge is 2.15. The van der Waals surface area contributed by atoms with E-state index in [1.165, 1.54) is 55.4 Å². The van der Waals surface area contributed by atoms with E-state index in [0.717, 1.165) is 24.3 Å². The summed E-state index contributed by atoms with van der Waals surface area (Å²) in [6, 6.07) is 13.7. The molecule has 122 valence electrons. The van der Waals surface area contributed by atoms with Gasteiger partial charge in [-0.05, 0) is 66.0 Å². The minimum atomic E-state index is -0.283. The van der Waals surface area contributed by atoms with Crippen LogP contribution in [0.1, 0.15) is 60.3 Å². The van der Waals surface area contributed by atoms with E-state index in [2.05, 4.69) is 24.3 Å². The molecule has 0 spiro atoms. The smallest absolute Gasteiger partial charge is 0.123 e. The standard InChI is InChI=1S/C21H25FO/c22-21-13-12-19(20(14-21)15-23)11-8-16-6-9-18(10-7-16)17-4-2-1-3-5-17/h6-7,9-10,12-14,17,23H,1-5,8,11,15H2. The topological polar surface area (TPSA) is 20.2 Å². The summed E-state index contributed by atoms with van der Waals surface area (Å²) in [6.45, 7) is -0.103. The summed E-state index contributed by atoms with van der Waals surface area (Å²) in [5.41, 5.74) is 4.51. The van der Waals surface area contributed by atoms with Crippen molar-refractivity contribution in [1.82, 2.24) is 0 Å². The van der Waals surface area contributed by atoms with Crippen molar-refractivity contribution >= 4 is 0 Å². The first-order valence-corrected chi connectivity index (χ1v) is 8.73. The first-order chi connectivity index (χ1) is 11.3. The average molecular weight is 312 g/mol. The van der Waals surface area contributed by atoms with Crippen molar-refractivity contribution in [1.29, 1.82) is 0 Å². The van der Waals surface area contributed by atoms with Gasteiger partial charge in [0.15, 0.2) is 0 Å². The minimum Gasteiger partial charge on any atom is -0.392 e. The predicted octanol–water partition coefficient (Wildman–Crippen LogP) is 5.15. The molecule has 1 aliphatic rings. The van der Waals surface area contributed by atoms with Crippen molar-refractivity contribution in [3.63, 3.8) is 0 Å². The van der Waals surface area contributed by atoms with Crippen LogP contribution < -0.4 is 0 Å². The highest BCUT2D eigenvalue weighted by molar-refractivity contribution is 5.30. The number of benzene rings is 2. The summed E-state index contributed by atoms with van der Waals surface area (Å²) in [5, 5.41) is 9.35. The van der Waals surface area contributed by atoms with Gasteiger partial charge in [-0.2, -0.15) is 0 Å². The number of halogens is 1. The normalized spacial score (nSPS) is 15.7. The second-order valence-electron chi connectivity index (χ2n) is 6.65. The Morgan fingerprint density at radius 3 is 2.30 bits per heavy atom. The number of aliphatic hydroxyl groups is 1. The van der Waals surface area contributed by atoms with Crippen LogP contribution in [0.25, 0.3) is 0 Å². The van der Waals surface area contributed by atoms with Gasteiger partial charge in [-0.25, -0.2) is 4.39 Å². The van der Waals surface area contributed by atoms with Crippen molar-refractivity contribution in [2.45, 2.75) is 57.5 Å². The first-order valence-electron chi connectivity index (χ1n) is 8.73. The number of aliphatic hydroxyl groups excluding tert-OH is 1. The van der Waals surface area contributed by atoms with Crippen LogP contribution in [0.5, 0.6) is 0 Å². The van der Waals surface area contributed by atoms with Gasteiger partial charge in [0.2, 0.25) is 0 Å². The van der Waals surface area contributed by atoms with Crippen LogP contribution >= 0.6 is 0 Å². The average Bonchev–Trinajstić information content (AvgIpc) is 2.62. The van der Waals surface area contributed by atoms with E-state index < -0.39 is 0 Å². The maximum Gasteiger partial charge on any atom is 0.123 e. The first kappa shape index (κ1) is 16.2. The third-order valence-electron chi connectivity index (χ3n) is 5.08. The molecule has 1 N–H and O–H groups in total. The molecule has 2 heteroatoms. The van der Waals surface area contributed by atoms with E-state index in [9.17, 15) is 9.50 Å². The Labute approximate surface area is 138 Å². The Kier molecular flexibility index (Phi) is 5.45. The zero-order chi connectivity index (χ0) is 16.1. The molecule has 1 aliphatic carbocycles. The number of hydrogen-bond acceptors (Lipinski definition) is 1. The van der Waals surface area contributed by atoms with Crippen LogP contribution in [0.3, 0.4) is 0 Å². The Morgan fingerprint density at radius 1 is 0.870 bits per heavy atom. The van der Waals surface area contributed by atoms with Gasteiger partial charge in [-0.15, -0.1) is 0 Å². The summed E-state index contributed by atoms with van der Waals surface area (Å²) in [6.07, 6.45) is 8.52. The largest absolute Gasteiger partial charge is 0.392 e. The molecule has 0 aliphatic heterocycles. The molecule has 2 aromatic rings. The molecule has 1 fully saturated rings. The molecule has 0 unspecified atom stereocenters. The lowest BCUT2D eigenvalue weighted by molar-refractivity contribution is 0.280. The molecule has 1 saturated carbocycles. The van der Waals surface area contributed by atoms with Gasteiger partial charge in [-0.3, -0.25) is 0 Å². The number of hydrogen-bond donors (Lipinski definition) is 1. The van der Waals surface area contributed by atoms with Crippen molar-refractivity contribution in [3.8, 4) is 0 Å². The van der Waals surface area contributed by atoms with E-state index in [1.807, 2.05) is 0 Å². The number of rotatable bonds is 5. The lowest BCUT2D eigenvalue weighted by atomic mass is 9.84. The Bertz CT molecular complexity index is 627. The van der Waals surface area contributed by atoms with Crippen LogP contribution in [-0.4, -0.2) is 5.11 Å². The van der Waals surface area contributed by atoms with Crippen molar-refractivity contribution in [3.05, 3.63) is 70.5 Å². The Hall–Kier alpha value is -1.67. The van der Waals surface area contributed by atoms with Crippen molar-refractivity contribution in [2.75, 3.05) is 0 Å². The van der Waals surface area contributed by atoms with Gasteiger partial charge in [-0.1, -0.05) is 49.6 Å². The summed E-state index contributed by atoms with van der Waals surface area (Å²) in [5.74, 6) is 0.463. The van der Waals surface area contributed by atoms with Gasteiger partial charge >= 0.3 is 0 Å². The fourth-order valence-electron chi connectivity index (χ4n) is 3.66. The zero-order valence-electron chi connectivity index (χ0n) is 13.6. The molecule has 0 saturated heterocycles. The maximum atomic E-state index is 13.2. The van der Waals surface area contributed by atoms with Gasteiger partial charge < -0.3 is 5.11 Å². The Morgan fingerprint density at radius 2 is 1.61 bits per heavy atom. The highest BCUT2D eigenvalue weighted by atomic mass is 19.1. The van der Waals surface area contributed by atoms with Crippen LogP contribution in [-0.2, 0) is 19.4 Å². The summed E-state index contributed by atoms with van der Waals surface area (Å²) in [4.78, 5) is 0. The lowest BCUT2D eigenvalue weighted by Gasteiger charge is -2.22. The maximum absolute atomic E-state index is 13.2. The fraction of sp³-hybridized carbons (Fsp3) is 0.429. The van der Waals surface area contributed by atoms with Gasteiger partial charge in [0.05, 0.1) is 6.61 Å². The quantitative estimate of drug-likeness (QED) is 0.809. The molecule has 23 heavy (non-hydrogen) atoms. The van der Waals surface area contributed by atoms with Crippen LogP contribution in [0.15, 0.2) is 42.5 Å². The SMILES string of the molecule is OCc1cc(F)ccc1CCc1ccc(C2CCCCC2)cc1. The summed E-state index contributed by atoms with van der Waals surface area (Å²) < 4.78 is 13.2. The summed E-state index contributed by atoms with van der Waals surface area (Å²) in [7, 11) is 0. The minimum absolute atomic E-state index is 0.103. The monoisotopic (exact) mass is 312 g/mol. The molecule has 0 amide bonds. The molecule has 2 aromatic carbocycles. The molecule has 1 nitrogen and oxygen atoms in total. The fourth-order valence-corrected chi connectivity index (χ4v) is 3.66. The molecule has 0 atom stereocenters.